The average molecular weight is 489 g/mol. The molecule has 0 unspecified atom stereocenters. The number of amides is 2. The molecular weight excluding hydrogens is 452 g/mol. The zero-order valence-corrected chi connectivity index (χ0v) is 21.9. The van der Waals surface area contributed by atoms with Crippen LogP contribution in [-0.4, -0.2) is 63.2 Å². The molecule has 0 fully saturated rings. The number of hydrogen-bond donors (Lipinski definition) is 1. The number of nitrogens with zero attached hydrogens (tertiary/aromatic N) is 3. The molecule has 0 heterocycles. The first-order valence-electron chi connectivity index (χ1n) is 11.3. The van der Waals surface area contributed by atoms with Crippen molar-refractivity contribution in [2.24, 2.45) is 0 Å². The number of likely N-dealkylation sites (N-methyl/N-ethyl adjacent to an activating group) is 1. The van der Waals surface area contributed by atoms with Crippen LogP contribution in [-0.2, 0) is 26.3 Å². The molecule has 0 spiro atoms. The zero-order chi connectivity index (χ0) is 25.6. The summed E-state index contributed by atoms with van der Waals surface area (Å²) in [5, 5.41) is 2.62. The molecule has 0 bridgehead atoms. The number of carbonyl (C=O) groups is 2. The summed E-state index contributed by atoms with van der Waals surface area (Å²) in [5.41, 5.74) is 3.98. The smallest absolute Gasteiger partial charge is 0.304 e. The third-order valence-electron chi connectivity index (χ3n) is 5.76. The second kappa shape index (κ2) is 11.5. The zero-order valence-electron chi connectivity index (χ0n) is 21.1. The van der Waals surface area contributed by atoms with E-state index >= 15 is 0 Å². The van der Waals surface area contributed by atoms with E-state index in [1.54, 1.807) is 13.0 Å². The maximum absolute atomic E-state index is 13.7. The lowest BCUT2D eigenvalue weighted by Gasteiger charge is -2.34. The van der Waals surface area contributed by atoms with Gasteiger partial charge >= 0.3 is 10.2 Å². The van der Waals surface area contributed by atoms with E-state index in [0.717, 1.165) is 30.9 Å². The van der Waals surface area contributed by atoms with E-state index in [1.807, 2.05) is 57.2 Å². The van der Waals surface area contributed by atoms with Gasteiger partial charge < -0.3 is 10.2 Å². The molecule has 0 saturated carbocycles. The van der Waals surface area contributed by atoms with Gasteiger partial charge in [-0.3, -0.25) is 9.59 Å². The molecule has 0 aromatic heterocycles. The number of benzene rings is 2. The van der Waals surface area contributed by atoms with Crippen LogP contribution in [0, 0.1) is 20.8 Å². The van der Waals surface area contributed by atoms with Crippen LogP contribution in [0.2, 0.25) is 0 Å². The number of hydrogen-bond acceptors (Lipinski definition) is 4. The fourth-order valence-electron chi connectivity index (χ4n) is 3.67. The standard InChI is InChI=1S/C25H36N4O4S/c1-8-22(25(31)26-5)28(16-21-13-10-18(2)11-14-21)24(30)17-29(34(32,33)27(6)7)23-15-19(3)9-12-20(23)4/h9-15,22H,8,16-17H2,1-7H3,(H,26,31)/t22-/m0/s1. The molecule has 9 heteroatoms. The van der Waals surface area contributed by atoms with Crippen molar-refractivity contribution in [3.63, 3.8) is 0 Å². The van der Waals surface area contributed by atoms with Crippen LogP contribution in [0.4, 0.5) is 5.69 Å². The van der Waals surface area contributed by atoms with Crippen molar-refractivity contribution in [2.45, 2.75) is 46.7 Å². The minimum Gasteiger partial charge on any atom is -0.357 e. The summed E-state index contributed by atoms with van der Waals surface area (Å²) in [4.78, 5) is 27.8. The van der Waals surface area contributed by atoms with E-state index in [4.69, 9.17) is 0 Å². The molecule has 1 atom stereocenters. The van der Waals surface area contributed by atoms with Crippen LogP contribution in [0.25, 0.3) is 0 Å². The summed E-state index contributed by atoms with van der Waals surface area (Å²) >= 11 is 0. The highest BCUT2D eigenvalue weighted by molar-refractivity contribution is 7.90. The SMILES string of the molecule is CC[C@@H](C(=O)NC)N(Cc1ccc(C)cc1)C(=O)CN(c1cc(C)ccc1C)S(=O)(=O)N(C)C. The first kappa shape index (κ1) is 27.3. The Kier molecular flexibility index (Phi) is 9.23. The number of carbonyl (C=O) groups excluding carboxylic acids is 2. The predicted molar refractivity (Wildman–Crippen MR) is 136 cm³/mol. The first-order valence-corrected chi connectivity index (χ1v) is 12.7. The third-order valence-corrected chi connectivity index (χ3v) is 7.56. The van der Waals surface area contributed by atoms with E-state index in [1.165, 1.54) is 26.0 Å². The summed E-state index contributed by atoms with van der Waals surface area (Å²) in [7, 11) is 0.412. The Bertz CT molecular complexity index is 1110. The minimum absolute atomic E-state index is 0.188. The highest BCUT2D eigenvalue weighted by Crippen LogP contribution is 2.26. The Morgan fingerprint density at radius 3 is 2.09 bits per heavy atom. The molecule has 186 valence electrons. The van der Waals surface area contributed by atoms with Crippen LogP contribution in [0.1, 0.15) is 35.6 Å². The lowest BCUT2D eigenvalue weighted by Crippen LogP contribution is -2.53. The molecule has 2 aromatic rings. The fraction of sp³-hybridized carbons (Fsp3) is 0.440. The van der Waals surface area contributed by atoms with Crippen LogP contribution >= 0.6 is 0 Å². The van der Waals surface area contributed by atoms with E-state index < -0.39 is 28.7 Å². The molecule has 0 radical (unpaired) electrons. The average Bonchev–Trinajstić information content (AvgIpc) is 2.79. The van der Waals surface area contributed by atoms with Crippen LogP contribution < -0.4 is 9.62 Å². The Hall–Kier alpha value is -2.91. The van der Waals surface area contributed by atoms with Gasteiger partial charge in [0, 0.05) is 27.7 Å². The number of aryl methyl sites for hydroxylation is 3. The van der Waals surface area contributed by atoms with Crippen molar-refractivity contribution in [1.82, 2.24) is 14.5 Å². The number of rotatable bonds is 10. The number of nitrogens with one attached hydrogen (secondary N) is 1. The molecule has 2 amide bonds. The van der Waals surface area contributed by atoms with Crippen molar-refractivity contribution >= 4 is 27.7 Å². The quantitative estimate of drug-likeness (QED) is 0.557. The lowest BCUT2D eigenvalue weighted by atomic mass is 10.1. The van der Waals surface area contributed by atoms with Crippen LogP contribution in [0.3, 0.4) is 0 Å². The van der Waals surface area contributed by atoms with Gasteiger partial charge in [-0.2, -0.15) is 12.7 Å². The van der Waals surface area contributed by atoms with Gasteiger partial charge in [0.2, 0.25) is 11.8 Å². The van der Waals surface area contributed by atoms with Gasteiger partial charge in [-0.1, -0.05) is 48.9 Å². The summed E-state index contributed by atoms with van der Waals surface area (Å²) in [5.74, 6) is -0.751. The molecular formula is C25H36N4O4S. The Morgan fingerprint density at radius 1 is 0.971 bits per heavy atom. The largest absolute Gasteiger partial charge is 0.357 e. The first-order chi connectivity index (χ1) is 15.9. The molecule has 8 nitrogen and oxygen atoms in total. The highest BCUT2D eigenvalue weighted by Gasteiger charge is 2.34. The second-order valence-electron chi connectivity index (χ2n) is 8.63. The normalized spacial score (nSPS) is 12.4. The van der Waals surface area contributed by atoms with E-state index in [9.17, 15) is 18.0 Å². The Morgan fingerprint density at radius 2 is 1.56 bits per heavy atom. The summed E-state index contributed by atoms with van der Waals surface area (Å²) < 4.78 is 28.8. The monoisotopic (exact) mass is 488 g/mol. The van der Waals surface area contributed by atoms with Gasteiger partial charge in [-0.25, -0.2) is 4.31 Å². The van der Waals surface area contributed by atoms with E-state index in [2.05, 4.69) is 5.32 Å². The molecule has 0 aliphatic heterocycles. The fourth-order valence-corrected chi connectivity index (χ4v) is 4.78. The van der Waals surface area contributed by atoms with Gasteiger partial charge in [-0.15, -0.1) is 0 Å². The third kappa shape index (κ3) is 6.36. The lowest BCUT2D eigenvalue weighted by molar-refractivity contribution is -0.140. The Labute approximate surface area is 203 Å². The molecule has 0 aliphatic carbocycles. The van der Waals surface area contributed by atoms with Gasteiger partial charge in [0.25, 0.3) is 0 Å². The van der Waals surface area contributed by atoms with Gasteiger partial charge in [-0.05, 0) is 49.9 Å². The minimum atomic E-state index is -3.98. The number of anilines is 1. The summed E-state index contributed by atoms with van der Waals surface area (Å²) in [6.07, 6.45) is 0.390. The van der Waals surface area contributed by atoms with Gasteiger partial charge in [0.15, 0.2) is 0 Å². The van der Waals surface area contributed by atoms with Crippen LogP contribution in [0.5, 0.6) is 0 Å². The van der Waals surface area contributed by atoms with Crippen molar-refractivity contribution in [1.29, 1.82) is 0 Å². The molecule has 1 N–H and O–H groups in total. The maximum atomic E-state index is 13.7. The summed E-state index contributed by atoms with van der Waals surface area (Å²) in [6.45, 7) is 7.24. The van der Waals surface area contributed by atoms with Crippen LogP contribution in [0.15, 0.2) is 42.5 Å². The van der Waals surface area contributed by atoms with Gasteiger partial charge in [0.05, 0.1) is 5.69 Å². The van der Waals surface area contributed by atoms with Crippen molar-refractivity contribution < 1.29 is 18.0 Å². The van der Waals surface area contributed by atoms with E-state index in [-0.39, 0.29) is 12.5 Å². The second-order valence-corrected chi connectivity index (χ2v) is 10.7. The van der Waals surface area contributed by atoms with Gasteiger partial charge in [0.1, 0.15) is 12.6 Å². The van der Waals surface area contributed by atoms with E-state index in [0.29, 0.717) is 12.1 Å². The van der Waals surface area contributed by atoms with Crippen molar-refractivity contribution in [2.75, 3.05) is 32.0 Å². The highest BCUT2D eigenvalue weighted by atomic mass is 32.2. The van der Waals surface area contributed by atoms with Crippen molar-refractivity contribution in [3.05, 3.63) is 64.7 Å². The van der Waals surface area contributed by atoms with Crippen molar-refractivity contribution in [3.8, 4) is 0 Å². The molecule has 0 saturated heterocycles. The maximum Gasteiger partial charge on any atom is 0.304 e. The summed E-state index contributed by atoms with van der Waals surface area (Å²) in [6, 6.07) is 12.4. The Balaban J connectivity index is 2.54. The topological polar surface area (TPSA) is 90.0 Å². The molecule has 34 heavy (non-hydrogen) atoms. The predicted octanol–water partition coefficient (Wildman–Crippen LogP) is 2.78. The molecule has 2 aromatic carbocycles. The molecule has 2 rings (SSSR count). The molecule has 0 aliphatic rings.